The smallest absolute Gasteiger partial charge is 0.268 e. The van der Waals surface area contributed by atoms with E-state index in [1.807, 2.05) is 20.8 Å². The number of fused-ring (bicyclic) bond motifs is 1. The number of aromatic amines is 1. The number of hydrogen-bond acceptors (Lipinski definition) is 2. The van der Waals surface area contributed by atoms with E-state index < -0.39 is 0 Å². The highest BCUT2D eigenvalue weighted by atomic mass is 16.2. The summed E-state index contributed by atoms with van der Waals surface area (Å²) in [5.41, 5.74) is 6.55. The fourth-order valence-corrected chi connectivity index (χ4v) is 3.88. The number of Topliss-reactive ketones (excluding diaryl/α,β-unsaturated/α-hetero) is 1. The molecule has 2 N–H and O–H groups in total. The average molecular weight is 338 g/mol. The van der Waals surface area contributed by atoms with Crippen molar-refractivity contribution in [2.45, 2.75) is 59.4 Å². The quantitative estimate of drug-likeness (QED) is 0.821. The highest BCUT2D eigenvalue weighted by Gasteiger charge is 2.21. The first-order chi connectivity index (χ1) is 11.9. The Hall–Kier alpha value is -2.36. The highest BCUT2D eigenvalue weighted by Crippen LogP contribution is 2.25. The van der Waals surface area contributed by atoms with Gasteiger partial charge in [0.2, 0.25) is 0 Å². The van der Waals surface area contributed by atoms with Crippen molar-refractivity contribution in [2.75, 3.05) is 0 Å². The lowest BCUT2D eigenvalue weighted by atomic mass is 9.89. The summed E-state index contributed by atoms with van der Waals surface area (Å²) in [6, 6.07) is 6.46. The topological polar surface area (TPSA) is 62.0 Å². The number of carbonyl (C=O) groups is 2. The summed E-state index contributed by atoms with van der Waals surface area (Å²) in [6.07, 6.45) is 4.79. The number of rotatable bonds is 4. The van der Waals surface area contributed by atoms with E-state index in [1.165, 1.54) is 30.9 Å². The molecular formula is C21H26N2O2. The number of hydrogen-bond donors (Lipinski definition) is 2. The molecule has 0 fully saturated rings. The van der Waals surface area contributed by atoms with E-state index in [2.05, 4.69) is 28.5 Å². The van der Waals surface area contributed by atoms with Crippen LogP contribution in [0.25, 0.3) is 0 Å². The van der Waals surface area contributed by atoms with Gasteiger partial charge in [-0.2, -0.15) is 0 Å². The zero-order valence-electron chi connectivity index (χ0n) is 15.5. The average Bonchev–Trinajstić information content (AvgIpc) is 2.89. The summed E-state index contributed by atoms with van der Waals surface area (Å²) in [5, 5.41) is 3.06. The van der Waals surface area contributed by atoms with E-state index in [-0.39, 0.29) is 17.7 Å². The van der Waals surface area contributed by atoms with Crippen molar-refractivity contribution in [3.63, 3.8) is 0 Å². The number of H-pyrrole nitrogens is 1. The lowest BCUT2D eigenvalue weighted by Gasteiger charge is -2.20. The van der Waals surface area contributed by atoms with Crippen molar-refractivity contribution in [3.8, 4) is 0 Å². The zero-order chi connectivity index (χ0) is 18.1. The number of nitrogens with one attached hydrogen (secondary N) is 2. The van der Waals surface area contributed by atoms with E-state index in [4.69, 9.17) is 0 Å². The van der Waals surface area contributed by atoms with Gasteiger partial charge in [-0.25, -0.2) is 0 Å². The molecule has 4 heteroatoms. The van der Waals surface area contributed by atoms with Crippen molar-refractivity contribution >= 4 is 11.7 Å². The molecule has 0 saturated heterocycles. The molecule has 0 spiro atoms. The molecule has 0 saturated carbocycles. The van der Waals surface area contributed by atoms with Crippen LogP contribution < -0.4 is 5.32 Å². The third kappa shape index (κ3) is 3.39. The molecule has 0 radical (unpaired) electrons. The van der Waals surface area contributed by atoms with Crippen LogP contribution in [0.15, 0.2) is 18.2 Å². The number of ketones is 1. The first-order valence-electron chi connectivity index (χ1n) is 9.01. The second-order valence-corrected chi connectivity index (χ2v) is 7.11. The van der Waals surface area contributed by atoms with Crippen LogP contribution in [0.5, 0.6) is 0 Å². The van der Waals surface area contributed by atoms with Crippen LogP contribution in [0.2, 0.25) is 0 Å². The number of carbonyl (C=O) groups excluding carboxylic acids is 2. The van der Waals surface area contributed by atoms with Crippen LogP contribution >= 0.6 is 0 Å². The standard InChI is InChI=1S/C21H26N2O2/c1-12-19(15(4)24)14(3)22-20(12)21(25)23-13(2)17-10-9-16-7-5-6-8-18(16)11-17/h9-11,13,22H,5-8H2,1-4H3,(H,23,25)/t13-/m1/s1. The second-order valence-electron chi connectivity index (χ2n) is 7.11. The Labute approximate surface area is 149 Å². The summed E-state index contributed by atoms with van der Waals surface area (Å²) in [7, 11) is 0. The Kier molecular flexibility index (Phi) is 4.80. The van der Waals surface area contributed by atoms with Crippen LogP contribution in [0.1, 0.15) is 81.5 Å². The first-order valence-corrected chi connectivity index (χ1v) is 9.01. The minimum atomic E-state index is -0.168. The van der Waals surface area contributed by atoms with Crippen LogP contribution in [0.4, 0.5) is 0 Å². The molecule has 1 aliphatic rings. The summed E-state index contributed by atoms with van der Waals surface area (Å²) in [5.74, 6) is -0.189. The van der Waals surface area contributed by atoms with Gasteiger partial charge in [0.25, 0.3) is 5.91 Å². The van der Waals surface area contributed by atoms with Gasteiger partial charge < -0.3 is 10.3 Å². The summed E-state index contributed by atoms with van der Waals surface area (Å²) >= 11 is 0. The summed E-state index contributed by atoms with van der Waals surface area (Å²) in [4.78, 5) is 27.5. The molecule has 0 aliphatic heterocycles. The molecule has 3 rings (SSSR count). The molecule has 0 unspecified atom stereocenters. The lowest BCUT2D eigenvalue weighted by Crippen LogP contribution is -2.27. The van der Waals surface area contributed by atoms with Crippen molar-refractivity contribution in [1.29, 1.82) is 0 Å². The van der Waals surface area contributed by atoms with Gasteiger partial charge in [-0.1, -0.05) is 18.2 Å². The number of benzene rings is 1. The minimum absolute atomic E-state index is 0.0203. The number of aromatic nitrogens is 1. The third-order valence-electron chi connectivity index (χ3n) is 5.24. The monoisotopic (exact) mass is 338 g/mol. The SMILES string of the molecule is CC(=O)c1c(C)[nH]c(C(=O)N[C@H](C)c2ccc3c(c2)CCCC3)c1C. The van der Waals surface area contributed by atoms with Crippen LogP contribution in [0, 0.1) is 13.8 Å². The molecule has 1 atom stereocenters. The largest absolute Gasteiger partial charge is 0.354 e. The van der Waals surface area contributed by atoms with E-state index in [9.17, 15) is 9.59 Å². The highest BCUT2D eigenvalue weighted by molar-refractivity contribution is 6.02. The van der Waals surface area contributed by atoms with Gasteiger partial charge in [0.1, 0.15) is 5.69 Å². The number of aryl methyl sites for hydroxylation is 3. The maximum Gasteiger partial charge on any atom is 0.268 e. The molecule has 2 aromatic rings. The van der Waals surface area contributed by atoms with E-state index in [0.717, 1.165) is 29.7 Å². The normalized spacial score (nSPS) is 14.7. The Morgan fingerprint density at radius 3 is 2.44 bits per heavy atom. The molecule has 1 heterocycles. The Morgan fingerprint density at radius 2 is 1.80 bits per heavy atom. The summed E-state index contributed by atoms with van der Waals surface area (Å²) in [6.45, 7) is 7.17. The lowest BCUT2D eigenvalue weighted by molar-refractivity contribution is 0.0934. The van der Waals surface area contributed by atoms with E-state index in [1.54, 1.807) is 0 Å². The maximum absolute atomic E-state index is 12.7. The van der Waals surface area contributed by atoms with Crippen molar-refractivity contribution in [2.24, 2.45) is 0 Å². The molecule has 132 valence electrons. The van der Waals surface area contributed by atoms with E-state index >= 15 is 0 Å². The van der Waals surface area contributed by atoms with Gasteiger partial charge in [-0.05, 0) is 75.6 Å². The van der Waals surface area contributed by atoms with Gasteiger partial charge in [0, 0.05) is 11.3 Å². The Morgan fingerprint density at radius 1 is 1.12 bits per heavy atom. The molecule has 1 aromatic carbocycles. The zero-order valence-corrected chi connectivity index (χ0v) is 15.5. The summed E-state index contributed by atoms with van der Waals surface area (Å²) < 4.78 is 0. The predicted octanol–water partition coefficient (Wildman–Crippen LogP) is 4.20. The fraction of sp³-hybridized carbons (Fsp3) is 0.429. The van der Waals surface area contributed by atoms with Crippen LogP contribution in [0.3, 0.4) is 0 Å². The van der Waals surface area contributed by atoms with Crippen LogP contribution in [-0.2, 0) is 12.8 Å². The molecule has 0 bridgehead atoms. The van der Waals surface area contributed by atoms with Crippen molar-refractivity contribution in [1.82, 2.24) is 10.3 Å². The second kappa shape index (κ2) is 6.87. The first kappa shape index (κ1) is 17.5. The predicted molar refractivity (Wildman–Crippen MR) is 99.2 cm³/mol. The van der Waals surface area contributed by atoms with E-state index in [0.29, 0.717) is 11.3 Å². The van der Waals surface area contributed by atoms with Crippen molar-refractivity contribution < 1.29 is 9.59 Å². The van der Waals surface area contributed by atoms with Gasteiger partial charge in [-0.3, -0.25) is 9.59 Å². The molecule has 1 aromatic heterocycles. The number of amides is 1. The Bertz CT molecular complexity index is 833. The van der Waals surface area contributed by atoms with Gasteiger partial charge >= 0.3 is 0 Å². The molecule has 1 aliphatic carbocycles. The fourth-order valence-electron chi connectivity index (χ4n) is 3.88. The van der Waals surface area contributed by atoms with Crippen LogP contribution in [-0.4, -0.2) is 16.7 Å². The van der Waals surface area contributed by atoms with Crippen molar-refractivity contribution in [3.05, 3.63) is 57.4 Å². The maximum atomic E-state index is 12.7. The Balaban J connectivity index is 1.79. The molecule has 25 heavy (non-hydrogen) atoms. The molecule has 4 nitrogen and oxygen atoms in total. The third-order valence-corrected chi connectivity index (χ3v) is 5.24. The minimum Gasteiger partial charge on any atom is -0.354 e. The van der Waals surface area contributed by atoms with Gasteiger partial charge in [-0.15, -0.1) is 0 Å². The van der Waals surface area contributed by atoms with Gasteiger partial charge in [0.05, 0.1) is 6.04 Å². The molecular weight excluding hydrogens is 312 g/mol. The molecule has 1 amide bonds. The van der Waals surface area contributed by atoms with Gasteiger partial charge in [0.15, 0.2) is 5.78 Å².